The van der Waals surface area contributed by atoms with Gasteiger partial charge in [0.2, 0.25) is 0 Å². The molecule has 32 heavy (non-hydrogen) atoms. The SMILES string of the molecule is CC(C)c1cccc(Nc2cc(S(=O)(=O)N=O)c(N)c3c2C(=O)c2ccccc2C3=O)c1. The largest absolute Gasteiger partial charge is 0.397 e. The van der Waals surface area contributed by atoms with Crippen molar-refractivity contribution in [1.82, 2.24) is 0 Å². The molecule has 0 fully saturated rings. The summed E-state index contributed by atoms with van der Waals surface area (Å²) < 4.78 is 26.8. The summed E-state index contributed by atoms with van der Waals surface area (Å²) in [6, 6.07) is 14.6. The Balaban J connectivity index is 2.01. The van der Waals surface area contributed by atoms with Crippen LogP contribution in [0.4, 0.5) is 17.1 Å². The van der Waals surface area contributed by atoms with E-state index in [4.69, 9.17) is 5.73 Å². The Morgan fingerprint density at radius 1 is 0.906 bits per heavy atom. The first-order chi connectivity index (χ1) is 15.2. The summed E-state index contributed by atoms with van der Waals surface area (Å²) in [5.74, 6) is -0.857. The monoisotopic (exact) mass is 449 g/mol. The molecular formula is C23H19N3O5S. The highest BCUT2D eigenvalue weighted by Gasteiger charge is 2.37. The van der Waals surface area contributed by atoms with E-state index in [1.165, 1.54) is 12.1 Å². The molecule has 3 N–H and O–H groups in total. The fraction of sp³-hybridized carbons (Fsp3) is 0.130. The zero-order chi connectivity index (χ0) is 23.2. The Hall–Kier alpha value is -3.85. The van der Waals surface area contributed by atoms with Crippen LogP contribution >= 0.6 is 0 Å². The van der Waals surface area contributed by atoms with Gasteiger partial charge in [-0.2, -0.15) is 8.42 Å². The van der Waals surface area contributed by atoms with E-state index < -0.39 is 32.2 Å². The van der Waals surface area contributed by atoms with Crippen molar-refractivity contribution >= 4 is 38.7 Å². The summed E-state index contributed by atoms with van der Waals surface area (Å²) in [4.78, 5) is 37.0. The van der Waals surface area contributed by atoms with Crippen molar-refractivity contribution in [2.45, 2.75) is 24.7 Å². The van der Waals surface area contributed by atoms with Crippen molar-refractivity contribution in [3.63, 3.8) is 0 Å². The van der Waals surface area contributed by atoms with Gasteiger partial charge in [-0.25, -0.2) is 0 Å². The van der Waals surface area contributed by atoms with Gasteiger partial charge in [0, 0.05) is 16.8 Å². The molecular weight excluding hydrogens is 430 g/mol. The minimum absolute atomic E-state index is 0.0465. The number of anilines is 3. The quantitative estimate of drug-likeness (QED) is 0.341. The maximum absolute atomic E-state index is 13.3. The third-order valence-corrected chi connectivity index (χ3v) is 6.50. The fourth-order valence-corrected chi connectivity index (χ4v) is 4.50. The minimum atomic E-state index is -4.68. The summed E-state index contributed by atoms with van der Waals surface area (Å²) in [5.41, 5.74) is 7.16. The van der Waals surface area contributed by atoms with Crippen molar-refractivity contribution < 1.29 is 18.0 Å². The second-order valence-corrected chi connectivity index (χ2v) is 9.28. The number of hydrogen-bond acceptors (Lipinski definition) is 7. The van der Waals surface area contributed by atoms with Gasteiger partial charge in [-0.3, -0.25) is 9.59 Å². The molecule has 0 atom stereocenters. The van der Waals surface area contributed by atoms with Gasteiger partial charge in [-0.1, -0.05) is 50.2 Å². The average molecular weight is 449 g/mol. The second-order valence-electron chi connectivity index (χ2n) is 7.74. The molecule has 9 heteroatoms. The van der Waals surface area contributed by atoms with Crippen LogP contribution in [0.5, 0.6) is 0 Å². The van der Waals surface area contributed by atoms with Gasteiger partial charge in [0.25, 0.3) is 0 Å². The van der Waals surface area contributed by atoms with Crippen molar-refractivity contribution in [1.29, 1.82) is 0 Å². The third kappa shape index (κ3) is 3.36. The van der Waals surface area contributed by atoms with Crippen LogP contribution in [0.1, 0.15) is 57.2 Å². The van der Waals surface area contributed by atoms with Gasteiger partial charge in [0.1, 0.15) is 4.90 Å². The van der Waals surface area contributed by atoms with Crippen LogP contribution in [0.3, 0.4) is 0 Å². The number of benzene rings is 3. The van der Waals surface area contributed by atoms with Crippen molar-refractivity contribution in [2.75, 3.05) is 11.1 Å². The Bertz CT molecular complexity index is 1410. The minimum Gasteiger partial charge on any atom is -0.397 e. The van der Waals surface area contributed by atoms with Gasteiger partial charge < -0.3 is 11.1 Å². The number of carbonyl (C=O) groups excluding carboxylic acids is 2. The van der Waals surface area contributed by atoms with Crippen molar-refractivity contribution in [2.24, 2.45) is 4.58 Å². The van der Waals surface area contributed by atoms with Gasteiger partial charge in [-0.05, 0) is 29.7 Å². The standard InChI is InChI=1S/C23H19N3O5S/c1-12(2)13-6-5-7-14(10-13)25-17-11-18(32(30,31)26-29)21(24)20-19(17)22(27)15-8-3-4-9-16(15)23(20)28/h3-12,25H,24H2,1-2H3. The maximum atomic E-state index is 13.3. The number of fused-ring (bicyclic) bond motifs is 2. The molecule has 0 radical (unpaired) electrons. The number of rotatable bonds is 5. The van der Waals surface area contributed by atoms with E-state index in [1.807, 2.05) is 32.0 Å². The van der Waals surface area contributed by atoms with E-state index in [2.05, 4.69) is 9.90 Å². The zero-order valence-electron chi connectivity index (χ0n) is 17.2. The van der Waals surface area contributed by atoms with E-state index in [1.54, 1.807) is 18.2 Å². The van der Waals surface area contributed by atoms with Gasteiger partial charge in [0.05, 0.1) is 27.1 Å². The zero-order valence-corrected chi connectivity index (χ0v) is 18.1. The lowest BCUT2D eigenvalue weighted by atomic mass is 9.82. The molecule has 0 saturated carbocycles. The van der Waals surface area contributed by atoms with Gasteiger partial charge >= 0.3 is 10.0 Å². The summed E-state index contributed by atoms with van der Waals surface area (Å²) in [6.07, 6.45) is 0. The first-order valence-electron chi connectivity index (χ1n) is 9.77. The summed E-state index contributed by atoms with van der Waals surface area (Å²) in [7, 11) is -4.68. The van der Waals surface area contributed by atoms with E-state index in [9.17, 15) is 22.9 Å². The molecule has 0 amide bonds. The number of ketones is 2. The van der Waals surface area contributed by atoms with Gasteiger partial charge in [0.15, 0.2) is 11.6 Å². The number of nitrogens with two attached hydrogens (primary N) is 1. The Labute approximate surface area is 184 Å². The topological polar surface area (TPSA) is 136 Å². The van der Waals surface area contributed by atoms with Crippen LogP contribution in [0.2, 0.25) is 0 Å². The fourth-order valence-electron chi connectivity index (χ4n) is 3.78. The highest BCUT2D eigenvalue weighted by molar-refractivity contribution is 7.90. The number of carbonyl (C=O) groups is 2. The lowest BCUT2D eigenvalue weighted by Crippen LogP contribution is -2.25. The van der Waals surface area contributed by atoms with Gasteiger partial charge in [-0.15, -0.1) is 4.91 Å². The first-order valence-corrected chi connectivity index (χ1v) is 11.2. The average Bonchev–Trinajstić information content (AvgIpc) is 2.78. The molecule has 4 rings (SSSR count). The molecule has 0 spiro atoms. The molecule has 1 aliphatic carbocycles. The molecule has 1 aliphatic rings. The molecule has 8 nitrogen and oxygen atoms in total. The molecule has 0 aliphatic heterocycles. The van der Waals surface area contributed by atoms with E-state index >= 15 is 0 Å². The molecule has 0 heterocycles. The normalized spacial score (nSPS) is 13.0. The highest BCUT2D eigenvalue weighted by Crippen LogP contribution is 2.40. The number of nitrogens with one attached hydrogen (secondary N) is 1. The van der Waals surface area contributed by atoms with Crippen LogP contribution in [0.25, 0.3) is 0 Å². The van der Waals surface area contributed by atoms with Crippen LogP contribution in [-0.4, -0.2) is 20.0 Å². The lowest BCUT2D eigenvalue weighted by molar-refractivity contribution is 0.0980. The molecule has 3 aromatic rings. The van der Waals surface area contributed by atoms with E-state index in [0.29, 0.717) is 5.69 Å². The lowest BCUT2D eigenvalue weighted by Gasteiger charge is -2.23. The molecule has 0 bridgehead atoms. The van der Waals surface area contributed by atoms with Crippen LogP contribution in [0.15, 0.2) is 64.1 Å². The van der Waals surface area contributed by atoms with Crippen LogP contribution in [0, 0.1) is 4.91 Å². The third-order valence-electron chi connectivity index (χ3n) is 5.41. The summed E-state index contributed by atoms with van der Waals surface area (Å²) in [6.45, 7) is 4.04. The molecule has 162 valence electrons. The number of hydrogen-bond donors (Lipinski definition) is 2. The number of nitroso groups, excluding NO2 is 1. The van der Waals surface area contributed by atoms with E-state index in [0.717, 1.165) is 11.6 Å². The number of nitrogen functional groups attached to an aromatic ring is 1. The molecule has 0 aromatic heterocycles. The molecule has 3 aromatic carbocycles. The molecule has 0 saturated heterocycles. The van der Waals surface area contributed by atoms with Crippen molar-refractivity contribution in [3.05, 3.63) is 87.3 Å². The summed E-state index contributed by atoms with van der Waals surface area (Å²) in [5, 5.41) is 3.04. The Kier molecular flexibility index (Phi) is 5.14. The maximum Gasteiger partial charge on any atom is 0.319 e. The first kappa shape index (κ1) is 21.4. The number of nitrogens with zero attached hydrogens (tertiary/aromatic N) is 1. The predicted molar refractivity (Wildman–Crippen MR) is 121 cm³/mol. The van der Waals surface area contributed by atoms with E-state index in [-0.39, 0.29) is 33.9 Å². The Morgan fingerprint density at radius 2 is 1.53 bits per heavy atom. The smallest absolute Gasteiger partial charge is 0.319 e. The second kappa shape index (κ2) is 7.69. The molecule has 0 unspecified atom stereocenters. The Morgan fingerprint density at radius 3 is 2.12 bits per heavy atom. The predicted octanol–water partition coefficient (Wildman–Crippen LogP) is 4.37. The van der Waals surface area contributed by atoms with Crippen LogP contribution < -0.4 is 11.1 Å². The highest BCUT2D eigenvalue weighted by atomic mass is 32.2. The van der Waals surface area contributed by atoms with Crippen molar-refractivity contribution in [3.8, 4) is 0 Å². The number of sulfonamides is 1. The van der Waals surface area contributed by atoms with Crippen LogP contribution in [-0.2, 0) is 10.0 Å². The summed E-state index contributed by atoms with van der Waals surface area (Å²) >= 11 is 0.